The van der Waals surface area contributed by atoms with Crippen LogP contribution in [0, 0.1) is 0 Å². The SMILES string of the molecule is Cn1cnc(CCNCC2CCOCO2)n1. The predicted molar refractivity (Wildman–Crippen MR) is 57.9 cm³/mol. The van der Waals surface area contributed by atoms with Crippen LogP contribution < -0.4 is 5.32 Å². The minimum atomic E-state index is 0.283. The van der Waals surface area contributed by atoms with Crippen LogP contribution in [0.4, 0.5) is 0 Å². The van der Waals surface area contributed by atoms with Crippen molar-refractivity contribution >= 4 is 0 Å². The molecule has 1 saturated heterocycles. The van der Waals surface area contributed by atoms with Gasteiger partial charge < -0.3 is 14.8 Å². The summed E-state index contributed by atoms with van der Waals surface area (Å²) in [7, 11) is 1.87. The lowest BCUT2D eigenvalue weighted by Crippen LogP contribution is -2.34. The Morgan fingerprint density at radius 3 is 3.25 bits per heavy atom. The van der Waals surface area contributed by atoms with Crippen molar-refractivity contribution < 1.29 is 9.47 Å². The Bertz CT molecular complexity index is 310. The van der Waals surface area contributed by atoms with E-state index >= 15 is 0 Å². The Hall–Kier alpha value is -0.980. The normalized spacial score (nSPS) is 21.2. The first-order chi connectivity index (χ1) is 7.84. The summed E-state index contributed by atoms with van der Waals surface area (Å²) in [5.41, 5.74) is 0. The van der Waals surface area contributed by atoms with Gasteiger partial charge in [0.15, 0.2) is 5.82 Å². The molecule has 1 aliphatic rings. The largest absolute Gasteiger partial charge is 0.355 e. The van der Waals surface area contributed by atoms with Crippen LogP contribution in [-0.4, -0.2) is 47.4 Å². The van der Waals surface area contributed by atoms with E-state index < -0.39 is 0 Å². The van der Waals surface area contributed by atoms with Gasteiger partial charge in [0.1, 0.15) is 13.1 Å². The Kier molecular flexibility index (Phi) is 4.26. The van der Waals surface area contributed by atoms with E-state index in [2.05, 4.69) is 15.4 Å². The van der Waals surface area contributed by atoms with Gasteiger partial charge in [-0.15, -0.1) is 0 Å². The third-order valence-electron chi connectivity index (χ3n) is 2.52. The van der Waals surface area contributed by atoms with Crippen LogP contribution in [0.2, 0.25) is 0 Å². The van der Waals surface area contributed by atoms with Crippen molar-refractivity contribution in [3.8, 4) is 0 Å². The molecule has 1 aromatic heterocycles. The molecule has 1 N–H and O–H groups in total. The van der Waals surface area contributed by atoms with Crippen LogP contribution in [0.15, 0.2) is 6.33 Å². The van der Waals surface area contributed by atoms with Crippen LogP contribution in [-0.2, 0) is 22.9 Å². The molecule has 0 spiro atoms. The summed E-state index contributed by atoms with van der Waals surface area (Å²) in [6, 6.07) is 0. The molecule has 0 bridgehead atoms. The number of hydrogen-bond acceptors (Lipinski definition) is 5. The Labute approximate surface area is 94.9 Å². The maximum absolute atomic E-state index is 5.41. The molecule has 90 valence electrons. The highest BCUT2D eigenvalue weighted by Crippen LogP contribution is 2.04. The maximum Gasteiger partial charge on any atom is 0.151 e. The molecule has 0 radical (unpaired) electrons. The molecular formula is C10H18N4O2. The van der Waals surface area contributed by atoms with E-state index in [-0.39, 0.29) is 6.10 Å². The molecule has 2 rings (SSSR count). The number of hydrogen-bond donors (Lipinski definition) is 1. The molecule has 6 heteroatoms. The number of nitrogens with zero attached hydrogens (tertiary/aromatic N) is 3. The molecule has 1 aliphatic heterocycles. The van der Waals surface area contributed by atoms with Crippen molar-refractivity contribution in [1.29, 1.82) is 0 Å². The van der Waals surface area contributed by atoms with Gasteiger partial charge >= 0.3 is 0 Å². The average molecular weight is 226 g/mol. The number of nitrogens with one attached hydrogen (secondary N) is 1. The lowest BCUT2D eigenvalue weighted by molar-refractivity contribution is -0.137. The maximum atomic E-state index is 5.41. The van der Waals surface area contributed by atoms with E-state index in [9.17, 15) is 0 Å². The summed E-state index contributed by atoms with van der Waals surface area (Å²) in [5.74, 6) is 0.878. The third-order valence-corrected chi connectivity index (χ3v) is 2.52. The van der Waals surface area contributed by atoms with Gasteiger partial charge in [0, 0.05) is 26.6 Å². The second-order valence-electron chi connectivity index (χ2n) is 3.89. The van der Waals surface area contributed by atoms with Crippen LogP contribution in [0.5, 0.6) is 0 Å². The van der Waals surface area contributed by atoms with Crippen LogP contribution in [0.1, 0.15) is 12.2 Å². The second kappa shape index (κ2) is 5.93. The van der Waals surface area contributed by atoms with Crippen molar-refractivity contribution in [1.82, 2.24) is 20.1 Å². The lowest BCUT2D eigenvalue weighted by atomic mass is 10.2. The van der Waals surface area contributed by atoms with Crippen molar-refractivity contribution in [3.05, 3.63) is 12.2 Å². The van der Waals surface area contributed by atoms with Gasteiger partial charge in [-0.1, -0.05) is 0 Å². The van der Waals surface area contributed by atoms with Crippen molar-refractivity contribution in [2.24, 2.45) is 7.05 Å². The van der Waals surface area contributed by atoms with Crippen molar-refractivity contribution in [2.75, 3.05) is 26.5 Å². The van der Waals surface area contributed by atoms with Gasteiger partial charge in [-0.3, -0.25) is 4.68 Å². The first-order valence-electron chi connectivity index (χ1n) is 5.59. The van der Waals surface area contributed by atoms with E-state index in [0.717, 1.165) is 38.4 Å². The standard InChI is InChI=1S/C10H18N4O2/c1-14-7-12-10(13-14)2-4-11-6-9-3-5-15-8-16-9/h7,9,11H,2-6,8H2,1H3. The first kappa shape index (κ1) is 11.5. The lowest BCUT2D eigenvalue weighted by Gasteiger charge is -2.22. The highest BCUT2D eigenvalue weighted by Gasteiger charge is 2.13. The van der Waals surface area contributed by atoms with Crippen LogP contribution in [0.3, 0.4) is 0 Å². The fourth-order valence-corrected chi connectivity index (χ4v) is 1.62. The zero-order valence-corrected chi connectivity index (χ0v) is 9.56. The molecule has 1 aromatic rings. The highest BCUT2D eigenvalue weighted by molar-refractivity contribution is 4.82. The molecular weight excluding hydrogens is 208 g/mol. The van der Waals surface area contributed by atoms with Crippen molar-refractivity contribution in [2.45, 2.75) is 18.9 Å². The van der Waals surface area contributed by atoms with Gasteiger partial charge in [0.05, 0.1) is 12.7 Å². The van der Waals surface area contributed by atoms with Crippen LogP contribution >= 0.6 is 0 Å². The fraction of sp³-hybridized carbons (Fsp3) is 0.800. The molecule has 0 amide bonds. The zero-order chi connectivity index (χ0) is 11.2. The van der Waals surface area contributed by atoms with Gasteiger partial charge in [-0.05, 0) is 6.42 Å². The van der Waals surface area contributed by atoms with E-state index in [1.165, 1.54) is 0 Å². The van der Waals surface area contributed by atoms with E-state index in [0.29, 0.717) is 6.79 Å². The van der Waals surface area contributed by atoms with E-state index in [4.69, 9.17) is 9.47 Å². The molecule has 6 nitrogen and oxygen atoms in total. The second-order valence-corrected chi connectivity index (χ2v) is 3.89. The summed E-state index contributed by atoms with van der Waals surface area (Å²) in [5, 5.41) is 7.55. The minimum absolute atomic E-state index is 0.283. The van der Waals surface area contributed by atoms with Gasteiger partial charge in [0.25, 0.3) is 0 Å². The molecule has 1 fully saturated rings. The van der Waals surface area contributed by atoms with E-state index in [1.54, 1.807) is 11.0 Å². The molecule has 16 heavy (non-hydrogen) atoms. The monoisotopic (exact) mass is 226 g/mol. The molecule has 0 saturated carbocycles. The summed E-state index contributed by atoms with van der Waals surface area (Å²) < 4.78 is 12.2. The first-order valence-corrected chi connectivity index (χ1v) is 5.59. The number of aryl methyl sites for hydroxylation is 1. The molecule has 1 unspecified atom stereocenters. The topological polar surface area (TPSA) is 61.2 Å². The summed E-state index contributed by atoms with van der Waals surface area (Å²) in [6.45, 7) is 2.98. The minimum Gasteiger partial charge on any atom is -0.355 e. The van der Waals surface area contributed by atoms with Crippen LogP contribution in [0.25, 0.3) is 0 Å². The number of rotatable bonds is 5. The van der Waals surface area contributed by atoms with Gasteiger partial charge in [-0.25, -0.2) is 4.98 Å². The smallest absolute Gasteiger partial charge is 0.151 e. The summed E-state index contributed by atoms with van der Waals surface area (Å²) in [6.07, 6.45) is 3.82. The average Bonchev–Trinajstić information content (AvgIpc) is 2.72. The molecule has 1 atom stereocenters. The molecule has 0 aliphatic carbocycles. The molecule has 2 heterocycles. The Balaban J connectivity index is 1.57. The van der Waals surface area contributed by atoms with Gasteiger partial charge in [-0.2, -0.15) is 5.10 Å². The predicted octanol–water partition coefficient (Wildman–Crippen LogP) is -0.290. The van der Waals surface area contributed by atoms with Crippen molar-refractivity contribution in [3.63, 3.8) is 0 Å². The number of aromatic nitrogens is 3. The third kappa shape index (κ3) is 3.55. The molecule has 0 aromatic carbocycles. The zero-order valence-electron chi connectivity index (χ0n) is 9.56. The highest BCUT2D eigenvalue weighted by atomic mass is 16.7. The Morgan fingerprint density at radius 2 is 2.56 bits per heavy atom. The quantitative estimate of drug-likeness (QED) is 0.699. The van der Waals surface area contributed by atoms with Gasteiger partial charge in [0.2, 0.25) is 0 Å². The Morgan fingerprint density at radius 1 is 1.62 bits per heavy atom. The summed E-state index contributed by atoms with van der Waals surface area (Å²) in [4.78, 5) is 4.16. The fourth-order valence-electron chi connectivity index (χ4n) is 1.62. The van der Waals surface area contributed by atoms with E-state index in [1.807, 2.05) is 7.05 Å². The summed E-state index contributed by atoms with van der Waals surface area (Å²) >= 11 is 0. The number of ether oxygens (including phenoxy) is 2.